The van der Waals surface area contributed by atoms with Gasteiger partial charge in [-0.3, -0.25) is 9.36 Å². The fraction of sp³-hybridized carbons (Fsp3) is 0.111. The molecule has 8 heteroatoms. The average Bonchev–Trinajstić information content (AvgIpc) is 3.04. The summed E-state index contributed by atoms with van der Waals surface area (Å²) in [5.41, 5.74) is 1.88. The third-order valence-corrected chi connectivity index (χ3v) is 4.01. The van der Waals surface area contributed by atoms with Crippen molar-refractivity contribution in [2.45, 2.75) is 6.92 Å². The van der Waals surface area contributed by atoms with E-state index >= 15 is 0 Å². The number of pyridine rings is 2. The van der Waals surface area contributed by atoms with E-state index in [2.05, 4.69) is 25.7 Å². The Hall–Kier alpha value is -3.68. The normalized spacial score (nSPS) is 10.8. The van der Waals surface area contributed by atoms with E-state index in [9.17, 15) is 4.79 Å². The summed E-state index contributed by atoms with van der Waals surface area (Å²) in [5, 5.41) is 10.5. The van der Waals surface area contributed by atoms with Crippen molar-refractivity contribution in [2.75, 3.05) is 17.7 Å². The summed E-state index contributed by atoms with van der Waals surface area (Å²) in [6.45, 7) is 1.94. The lowest BCUT2D eigenvalue weighted by Gasteiger charge is -2.11. The van der Waals surface area contributed by atoms with Crippen molar-refractivity contribution in [1.29, 1.82) is 0 Å². The van der Waals surface area contributed by atoms with E-state index in [1.54, 1.807) is 47.4 Å². The Balaban J connectivity index is 1.78. The van der Waals surface area contributed by atoms with E-state index in [1.807, 2.05) is 26.1 Å². The number of anilines is 3. The topological polar surface area (TPSA) is 89.1 Å². The van der Waals surface area contributed by atoms with Gasteiger partial charge in [0.25, 0.3) is 5.56 Å². The number of hydrogen-bond donors (Lipinski definition) is 2. The summed E-state index contributed by atoms with van der Waals surface area (Å²) >= 11 is 0. The van der Waals surface area contributed by atoms with Crippen LogP contribution in [0.3, 0.4) is 0 Å². The van der Waals surface area contributed by atoms with Crippen LogP contribution < -0.4 is 16.2 Å². The monoisotopic (exact) mass is 347 g/mol. The van der Waals surface area contributed by atoms with Crippen LogP contribution in [0.2, 0.25) is 0 Å². The van der Waals surface area contributed by atoms with Gasteiger partial charge in [-0.15, -0.1) is 0 Å². The Morgan fingerprint density at radius 2 is 2.04 bits per heavy atom. The predicted molar refractivity (Wildman–Crippen MR) is 100 cm³/mol. The number of fused-ring (bicyclic) bond motifs is 1. The van der Waals surface area contributed by atoms with Crippen LogP contribution in [0.25, 0.3) is 11.5 Å². The zero-order valence-electron chi connectivity index (χ0n) is 14.3. The van der Waals surface area contributed by atoms with Gasteiger partial charge >= 0.3 is 0 Å². The quantitative estimate of drug-likeness (QED) is 0.589. The molecular weight excluding hydrogens is 330 g/mol. The van der Waals surface area contributed by atoms with E-state index in [0.717, 1.165) is 17.0 Å². The zero-order valence-corrected chi connectivity index (χ0v) is 14.3. The second-order valence-corrected chi connectivity index (χ2v) is 5.75. The molecule has 0 amide bonds. The van der Waals surface area contributed by atoms with Crippen molar-refractivity contribution < 1.29 is 0 Å². The molecule has 4 heterocycles. The zero-order chi connectivity index (χ0) is 18.1. The van der Waals surface area contributed by atoms with Crippen molar-refractivity contribution in [3.63, 3.8) is 0 Å². The molecule has 4 aromatic rings. The van der Waals surface area contributed by atoms with E-state index in [1.165, 1.54) is 4.57 Å². The molecule has 0 atom stereocenters. The SMILES string of the molecule is CNc1cc(Nc2cccn(-c3ccccn3)c2=O)nc2c(C)cnn12. The van der Waals surface area contributed by atoms with Gasteiger partial charge in [0.2, 0.25) is 0 Å². The van der Waals surface area contributed by atoms with Crippen molar-refractivity contribution in [3.05, 3.63) is 70.9 Å². The minimum atomic E-state index is -0.205. The lowest BCUT2D eigenvalue weighted by Crippen LogP contribution is -2.21. The van der Waals surface area contributed by atoms with E-state index in [-0.39, 0.29) is 5.56 Å². The third-order valence-electron chi connectivity index (χ3n) is 4.01. The molecule has 130 valence electrons. The van der Waals surface area contributed by atoms with Gasteiger partial charge in [-0.2, -0.15) is 9.61 Å². The minimum absolute atomic E-state index is 0.205. The van der Waals surface area contributed by atoms with Gasteiger partial charge < -0.3 is 10.6 Å². The molecule has 0 spiro atoms. The predicted octanol–water partition coefficient (Wildman–Crippen LogP) is 2.37. The summed E-state index contributed by atoms with van der Waals surface area (Å²) in [7, 11) is 1.81. The minimum Gasteiger partial charge on any atom is -0.373 e. The van der Waals surface area contributed by atoms with Crippen LogP contribution in [-0.2, 0) is 0 Å². The Morgan fingerprint density at radius 3 is 2.81 bits per heavy atom. The highest BCUT2D eigenvalue weighted by atomic mass is 16.1. The molecule has 0 aromatic carbocycles. The molecule has 0 unspecified atom stereocenters. The molecule has 0 saturated carbocycles. The molecule has 8 nitrogen and oxygen atoms in total. The number of aryl methyl sites for hydroxylation is 1. The maximum absolute atomic E-state index is 12.8. The number of hydrogen-bond acceptors (Lipinski definition) is 6. The van der Waals surface area contributed by atoms with Gasteiger partial charge in [0.15, 0.2) is 5.65 Å². The third kappa shape index (κ3) is 2.67. The summed E-state index contributed by atoms with van der Waals surface area (Å²) in [4.78, 5) is 21.6. The lowest BCUT2D eigenvalue weighted by molar-refractivity contribution is 0.937. The van der Waals surface area contributed by atoms with E-state index in [4.69, 9.17) is 0 Å². The Bertz CT molecular complexity index is 1130. The van der Waals surface area contributed by atoms with Crippen molar-refractivity contribution in [2.24, 2.45) is 0 Å². The summed E-state index contributed by atoms with van der Waals surface area (Å²) in [5.74, 6) is 1.89. The van der Waals surface area contributed by atoms with Gasteiger partial charge in [0, 0.05) is 31.1 Å². The molecule has 0 fully saturated rings. The first kappa shape index (κ1) is 15.8. The van der Waals surface area contributed by atoms with Crippen LogP contribution in [-0.4, -0.2) is 31.2 Å². The van der Waals surface area contributed by atoms with E-state index in [0.29, 0.717) is 17.3 Å². The molecular formula is C18H17N7O. The molecule has 2 N–H and O–H groups in total. The average molecular weight is 347 g/mol. The highest BCUT2D eigenvalue weighted by Gasteiger charge is 2.11. The molecule has 0 aliphatic rings. The van der Waals surface area contributed by atoms with Gasteiger partial charge in [0.05, 0.1) is 6.20 Å². The number of rotatable bonds is 4. The van der Waals surface area contributed by atoms with Crippen LogP contribution in [0.1, 0.15) is 5.56 Å². The molecule has 0 aliphatic heterocycles. The Kier molecular flexibility index (Phi) is 3.85. The van der Waals surface area contributed by atoms with E-state index < -0.39 is 0 Å². The molecule has 0 radical (unpaired) electrons. The first-order valence-corrected chi connectivity index (χ1v) is 8.10. The summed E-state index contributed by atoms with van der Waals surface area (Å²) in [6.07, 6.45) is 5.09. The molecule has 4 rings (SSSR count). The van der Waals surface area contributed by atoms with Crippen molar-refractivity contribution in [1.82, 2.24) is 24.1 Å². The molecule has 0 aliphatic carbocycles. The van der Waals surface area contributed by atoms with Crippen LogP contribution in [0.15, 0.2) is 59.8 Å². The Labute approximate surface area is 149 Å². The van der Waals surface area contributed by atoms with Crippen LogP contribution in [0.5, 0.6) is 0 Å². The summed E-state index contributed by atoms with van der Waals surface area (Å²) in [6, 6.07) is 10.7. The first-order chi connectivity index (χ1) is 12.7. The van der Waals surface area contributed by atoms with Crippen molar-refractivity contribution in [3.8, 4) is 5.82 Å². The lowest BCUT2D eigenvalue weighted by atomic mass is 10.3. The molecule has 4 aromatic heterocycles. The van der Waals surface area contributed by atoms with Crippen LogP contribution in [0.4, 0.5) is 17.3 Å². The first-order valence-electron chi connectivity index (χ1n) is 8.10. The van der Waals surface area contributed by atoms with Gasteiger partial charge in [-0.05, 0) is 31.2 Å². The fourth-order valence-electron chi connectivity index (χ4n) is 2.72. The fourth-order valence-corrected chi connectivity index (χ4v) is 2.72. The number of nitrogens with one attached hydrogen (secondary N) is 2. The molecule has 26 heavy (non-hydrogen) atoms. The smallest absolute Gasteiger partial charge is 0.279 e. The van der Waals surface area contributed by atoms with Gasteiger partial charge in [-0.25, -0.2) is 9.97 Å². The van der Waals surface area contributed by atoms with Crippen LogP contribution in [0, 0.1) is 6.92 Å². The Morgan fingerprint density at radius 1 is 1.15 bits per heavy atom. The van der Waals surface area contributed by atoms with Crippen LogP contribution >= 0.6 is 0 Å². The largest absolute Gasteiger partial charge is 0.373 e. The summed E-state index contributed by atoms with van der Waals surface area (Å²) < 4.78 is 3.21. The maximum Gasteiger partial charge on any atom is 0.279 e. The number of aromatic nitrogens is 5. The molecule has 0 saturated heterocycles. The second-order valence-electron chi connectivity index (χ2n) is 5.75. The number of nitrogens with zero attached hydrogens (tertiary/aromatic N) is 5. The highest BCUT2D eigenvalue weighted by Crippen LogP contribution is 2.20. The molecule has 0 bridgehead atoms. The standard InChI is InChI=1S/C18H17N7O/c1-12-11-21-25-16(19-2)10-14(23-17(12)25)22-13-6-5-9-24(18(13)26)15-7-3-4-8-20-15/h3-11,19H,1-2H3,(H,22,23). The van der Waals surface area contributed by atoms with Gasteiger partial charge in [0.1, 0.15) is 23.1 Å². The van der Waals surface area contributed by atoms with Gasteiger partial charge in [-0.1, -0.05) is 6.07 Å². The van der Waals surface area contributed by atoms with Crippen molar-refractivity contribution >= 4 is 23.0 Å². The second kappa shape index (κ2) is 6.32. The highest BCUT2D eigenvalue weighted by molar-refractivity contribution is 5.64. The maximum atomic E-state index is 12.8.